The van der Waals surface area contributed by atoms with Gasteiger partial charge in [0.1, 0.15) is 0 Å². The molecule has 0 bridgehead atoms. The lowest BCUT2D eigenvalue weighted by Gasteiger charge is -2.22. The van der Waals surface area contributed by atoms with E-state index >= 15 is 0 Å². The topological polar surface area (TPSA) is 12.4 Å². The SMILES string of the molecule is S=C=N[C@@H]1CCCC[C@H]1I. The Morgan fingerprint density at radius 3 is 2.70 bits per heavy atom. The molecule has 1 fully saturated rings. The zero-order chi connectivity index (χ0) is 7.40. The molecule has 0 unspecified atom stereocenters. The van der Waals surface area contributed by atoms with E-state index in [-0.39, 0.29) is 0 Å². The Labute approximate surface area is 80.4 Å². The fourth-order valence-electron chi connectivity index (χ4n) is 1.28. The summed E-state index contributed by atoms with van der Waals surface area (Å²) >= 11 is 7.03. The van der Waals surface area contributed by atoms with Crippen molar-refractivity contribution >= 4 is 40.0 Å². The molecule has 2 atom stereocenters. The average Bonchev–Trinajstić information content (AvgIpc) is 1.94. The fourth-order valence-corrected chi connectivity index (χ4v) is 2.38. The van der Waals surface area contributed by atoms with Crippen molar-refractivity contribution in [2.24, 2.45) is 4.99 Å². The van der Waals surface area contributed by atoms with E-state index in [1.807, 2.05) is 0 Å². The summed E-state index contributed by atoms with van der Waals surface area (Å²) in [7, 11) is 0. The molecular weight excluding hydrogens is 257 g/mol. The Morgan fingerprint density at radius 2 is 2.10 bits per heavy atom. The summed E-state index contributed by atoms with van der Waals surface area (Å²) in [4.78, 5) is 4.12. The number of nitrogens with zero attached hydrogens (tertiary/aromatic N) is 1. The van der Waals surface area contributed by atoms with Crippen molar-refractivity contribution in [3.8, 4) is 0 Å². The second-order valence-corrected chi connectivity index (χ2v) is 4.37. The smallest absolute Gasteiger partial charge is 0.0720 e. The molecule has 56 valence electrons. The predicted molar refractivity (Wildman–Crippen MR) is 55.1 cm³/mol. The van der Waals surface area contributed by atoms with Crippen LogP contribution in [-0.4, -0.2) is 15.1 Å². The third-order valence-electron chi connectivity index (χ3n) is 1.87. The van der Waals surface area contributed by atoms with Gasteiger partial charge in [-0.3, -0.25) is 0 Å². The molecule has 0 N–H and O–H groups in total. The van der Waals surface area contributed by atoms with Crippen LogP contribution in [0.5, 0.6) is 0 Å². The summed E-state index contributed by atoms with van der Waals surface area (Å²) < 4.78 is 0.696. The van der Waals surface area contributed by atoms with Gasteiger partial charge in [-0.25, -0.2) is 4.99 Å². The van der Waals surface area contributed by atoms with E-state index in [2.05, 4.69) is 45.0 Å². The number of isothiocyanates is 1. The number of rotatable bonds is 1. The normalized spacial score (nSPS) is 32.9. The first kappa shape index (κ1) is 8.62. The van der Waals surface area contributed by atoms with Crippen molar-refractivity contribution in [1.82, 2.24) is 0 Å². The molecular formula is C7H10INS. The number of halogens is 1. The molecule has 0 radical (unpaired) electrons. The van der Waals surface area contributed by atoms with Crippen molar-refractivity contribution in [1.29, 1.82) is 0 Å². The van der Waals surface area contributed by atoms with Crippen LogP contribution in [0.2, 0.25) is 0 Å². The second-order valence-electron chi connectivity index (χ2n) is 2.59. The summed E-state index contributed by atoms with van der Waals surface area (Å²) in [6, 6.07) is 0.465. The van der Waals surface area contributed by atoms with Gasteiger partial charge in [0.25, 0.3) is 0 Å². The van der Waals surface area contributed by atoms with Crippen LogP contribution in [0, 0.1) is 0 Å². The van der Waals surface area contributed by atoms with Crippen LogP contribution in [0.1, 0.15) is 25.7 Å². The molecule has 0 aromatic rings. The predicted octanol–water partition coefficient (Wildman–Crippen LogP) is 2.84. The Hall–Kier alpha value is 0.530. The quantitative estimate of drug-likeness (QED) is 0.308. The van der Waals surface area contributed by atoms with Crippen LogP contribution >= 0.6 is 34.8 Å². The highest BCUT2D eigenvalue weighted by molar-refractivity contribution is 14.1. The van der Waals surface area contributed by atoms with E-state index in [9.17, 15) is 0 Å². The van der Waals surface area contributed by atoms with Crippen LogP contribution in [0.25, 0.3) is 0 Å². The van der Waals surface area contributed by atoms with E-state index in [1.54, 1.807) is 0 Å². The lowest BCUT2D eigenvalue weighted by molar-refractivity contribution is 0.468. The molecule has 1 rings (SSSR count). The molecule has 0 amide bonds. The van der Waals surface area contributed by atoms with Gasteiger partial charge in [-0.2, -0.15) is 0 Å². The van der Waals surface area contributed by atoms with Gasteiger partial charge in [-0.1, -0.05) is 35.4 Å². The molecule has 1 aliphatic carbocycles. The first-order chi connectivity index (χ1) is 4.84. The van der Waals surface area contributed by atoms with E-state index in [4.69, 9.17) is 0 Å². The molecule has 3 heteroatoms. The Morgan fingerprint density at radius 1 is 1.40 bits per heavy atom. The van der Waals surface area contributed by atoms with Crippen LogP contribution in [-0.2, 0) is 0 Å². The highest BCUT2D eigenvalue weighted by Gasteiger charge is 2.20. The van der Waals surface area contributed by atoms with Gasteiger partial charge in [-0.05, 0) is 25.1 Å². The summed E-state index contributed by atoms with van der Waals surface area (Å²) in [5, 5.41) is 2.47. The van der Waals surface area contributed by atoms with E-state index in [0.29, 0.717) is 9.97 Å². The minimum absolute atomic E-state index is 0.465. The Kier molecular flexibility index (Phi) is 3.81. The molecule has 10 heavy (non-hydrogen) atoms. The van der Waals surface area contributed by atoms with Crippen molar-refractivity contribution in [2.45, 2.75) is 35.6 Å². The Balaban J connectivity index is 2.47. The van der Waals surface area contributed by atoms with Crippen LogP contribution < -0.4 is 0 Å². The molecule has 0 aromatic carbocycles. The van der Waals surface area contributed by atoms with Gasteiger partial charge in [0.05, 0.1) is 11.2 Å². The van der Waals surface area contributed by atoms with Crippen molar-refractivity contribution in [2.75, 3.05) is 0 Å². The summed E-state index contributed by atoms with van der Waals surface area (Å²) in [5.74, 6) is 0. The highest BCUT2D eigenvalue weighted by atomic mass is 127. The maximum absolute atomic E-state index is 4.57. The third kappa shape index (κ3) is 2.29. The molecule has 0 saturated heterocycles. The fraction of sp³-hybridized carbons (Fsp3) is 0.857. The number of thiocarbonyl (C=S) groups is 1. The van der Waals surface area contributed by atoms with Crippen molar-refractivity contribution in [3.05, 3.63) is 0 Å². The molecule has 0 aromatic heterocycles. The summed E-state index contributed by atoms with van der Waals surface area (Å²) in [6.07, 6.45) is 5.17. The molecule has 1 saturated carbocycles. The van der Waals surface area contributed by atoms with Crippen LogP contribution in [0.4, 0.5) is 0 Å². The molecule has 1 aliphatic rings. The molecule has 0 heterocycles. The van der Waals surface area contributed by atoms with E-state index in [1.165, 1.54) is 25.7 Å². The summed E-state index contributed by atoms with van der Waals surface area (Å²) in [6.45, 7) is 0. The number of hydrogen-bond acceptors (Lipinski definition) is 2. The zero-order valence-electron chi connectivity index (χ0n) is 5.72. The maximum Gasteiger partial charge on any atom is 0.0720 e. The van der Waals surface area contributed by atoms with Gasteiger partial charge < -0.3 is 0 Å². The molecule has 0 aliphatic heterocycles. The first-order valence-electron chi connectivity index (χ1n) is 3.55. The number of alkyl halides is 1. The van der Waals surface area contributed by atoms with Crippen molar-refractivity contribution in [3.63, 3.8) is 0 Å². The zero-order valence-corrected chi connectivity index (χ0v) is 8.69. The van der Waals surface area contributed by atoms with Crippen LogP contribution in [0.15, 0.2) is 4.99 Å². The van der Waals surface area contributed by atoms with E-state index in [0.717, 1.165) is 0 Å². The van der Waals surface area contributed by atoms with Crippen LogP contribution in [0.3, 0.4) is 0 Å². The van der Waals surface area contributed by atoms with Gasteiger partial charge in [0.2, 0.25) is 0 Å². The monoisotopic (exact) mass is 267 g/mol. The second kappa shape index (κ2) is 4.42. The maximum atomic E-state index is 4.57. The standard InChI is InChI=1S/C7H10INS/c8-6-3-1-2-4-7(6)9-5-10/h6-7H,1-4H2/t6-,7-/m1/s1. The van der Waals surface area contributed by atoms with Gasteiger partial charge in [0.15, 0.2) is 0 Å². The van der Waals surface area contributed by atoms with Gasteiger partial charge >= 0.3 is 0 Å². The number of aliphatic imine (C=N–C) groups is 1. The van der Waals surface area contributed by atoms with Gasteiger partial charge in [0, 0.05) is 3.92 Å². The van der Waals surface area contributed by atoms with E-state index < -0.39 is 0 Å². The minimum Gasteiger partial charge on any atom is -0.228 e. The largest absolute Gasteiger partial charge is 0.228 e. The minimum atomic E-state index is 0.465. The van der Waals surface area contributed by atoms with Gasteiger partial charge in [-0.15, -0.1) is 0 Å². The third-order valence-corrected chi connectivity index (χ3v) is 3.42. The highest BCUT2D eigenvalue weighted by Crippen LogP contribution is 2.26. The summed E-state index contributed by atoms with van der Waals surface area (Å²) in [5.41, 5.74) is 0. The lowest BCUT2D eigenvalue weighted by atomic mass is 9.96. The van der Waals surface area contributed by atoms with Crippen molar-refractivity contribution < 1.29 is 0 Å². The molecule has 0 spiro atoms. The number of hydrogen-bond donors (Lipinski definition) is 0. The molecule has 1 nitrogen and oxygen atoms in total. The Bertz CT molecular complexity index is 154. The lowest BCUT2D eigenvalue weighted by Crippen LogP contribution is -2.22. The first-order valence-corrected chi connectivity index (χ1v) is 5.21. The average molecular weight is 267 g/mol.